The van der Waals surface area contributed by atoms with Gasteiger partial charge >= 0.3 is 5.97 Å². The zero-order valence-electron chi connectivity index (χ0n) is 10.4. The molecule has 5 heteroatoms. The molecule has 0 heterocycles. The minimum Gasteiger partial charge on any atom is -0.457 e. The summed E-state index contributed by atoms with van der Waals surface area (Å²) in [6.45, 7) is 2.74. The predicted octanol–water partition coefficient (Wildman–Crippen LogP) is 1.78. The standard InChI is InChI=1S/C13H15NO4/c1-3-13(17)14-11-6-4-10(5-7-11)12(16)8-18-9(2)15/h4-7H,3,8H2,1-2H3,(H,14,17). The fourth-order valence-electron chi connectivity index (χ4n) is 1.24. The molecule has 18 heavy (non-hydrogen) atoms. The summed E-state index contributed by atoms with van der Waals surface area (Å²) in [4.78, 5) is 33.3. The van der Waals surface area contributed by atoms with Gasteiger partial charge in [0.1, 0.15) is 0 Å². The molecule has 0 unspecified atom stereocenters. The molecule has 0 aliphatic carbocycles. The number of anilines is 1. The lowest BCUT2D eigenvalue weighted by molar-refractivity contribution is -0.139. The highest BCUT2D eigenvalue weighted by molar-refractivity contribution is 5.98. The minimum atomic E-state index is -0.491. The van der Waals surface area contributed by atoms with Crippen LogP contribution in [0.15, 0.2) is 24.3 Å². The zero-order valence-corrected chi connectivity index (χ0v) is 10.4. The van der Waals surface area contributed by atoms with Gasteiger partial charge in [-0.15, -0.1) is 0 Å². The highest BCUT2D eigenvalue weighted by Gasteiger charge is 2.08. The number of ether oxygens (including phenoxy) is 1. The number of rotatable bonds is 5. The van der Waals surface area contributed by atoms with E-state index >= 15 is 0 Å². The quantitative estimate of drug-likeness (QED) is 0.637. The van der Waals surface area contributed by atoms with Crippen LogP contribution >= 0.6 is 0 Å². The lowest BCUT2D eigenvalue weighted by Crippen LogP contribution is -2.12. The van der Waals surface area contributed by atoms with Gasteiger partial charge in [0.25, 0.3) is 0 Å². The van der Waals surface area contributed by atoms with Crippen LogP contribution in [0.4, 0.5) is 5.69 Å². The molecule has 0 radical (unpaired) electrons. The normalized spacial score (nSPS) is 9.67. The fraction of sp³-hybridized carbons (Fsp3) is 0.308. The summed E-state index contributed by atoms with van der Waals surface area (Å²) >= 11 is 0. The first kappa shape index (κ1) is 13.9. The number of nitrogens with one attached hydrogen (secondary N) is 1. The van der Waals surface area contributed by atoms with E-state index in [9.17, 15) is 14.4 Å². The van der Waals surface area contributed by atoms with Gasteiger partial charge in [-0.2, -0.15) is 0 Å². The molecule has 0 fully saturated rings. The second-order valence-corrected chi connectivity index (χ2v) is 3.68. The van der Waals surface area contributed by atoms with Crippen molar-refractivity contribution in [3.8, 4) is 0 Å². The summed E-state index contributed by atoms with van der Waals surface area (Å²) in [5, 5.41) is 2.67. The number of esters is 1. The van der Waals surface area contributed by atoms with Gasteiger partial charge < -0.3 is 10.1 Å². The van der Waals surface area contributed by atoms with Crippen LogP contribution in [0, 0.1) is 0 Å². The number of ketones is 1. The van der Waals surface area contributed by atoms with Crippen molar-refractivity contribution in [1.82, 2.24) is 0 Å². The van der Waals surface area contributed by atoms with E-state index in [4.69, 9.17) is 0 Å². The Morgan fingerprint density at radius 3 is 2.28 bits per heavy atom. The Bertz CT molecular complexity index is 451. The molecule has 0 saturated heterocycles. The largest absolute Gasteiger partial charge is 0.457 e. The number of carbonyl (C=O) groups excluding carboxylic acids is 3. The van der Waals surface area contributed by atoms with Gasteiger partial charge in [0.2, 0.25) is 5.91 Å². The van der Waals surface area contributed by atoms with Crippen molar-refractivity contribution in [2.45, 2.75) is 20.3 Å². The van der Waals surface area contributed by atoms with Crippen LogP contribution < -0.4 is 5.32 Å². The van der Waals surface area contributed by atoms with Gasteiger partial charge in [-0.05, 0) is 24.3 Å². The molecule has 5 nitrogen and oxygen atoms in total. The van der Waals surface area contributed by atoms with Crippen molar-refractivity contribution >= 4 is 23.3 Å². The molecular formula is C13H15NO4. The van der Waals surface area contributed by atoms with Crippen LogP contribution in [0.3, 0.4) is 0 Å². The van der Waals surface area contributed by atoms with E-state index in [1.807, 2.05) is 0 Å². The van der Waals surface area contributed by atoms with Crippen LogP contribution in [0.2, 0.25) is 0 Å². The molecule has 0 aliphatic heterocycles. The number of hydrogen-bond donors (Lipinski definition) is 1. The van der Waals surface area contributed by atoms with E-state index in [1.165, 1.54) is 6.92 Å². The number of hydrogen-bond acceptors (Lipinski definition) is 4. The first-order valence-electron chi connectivity index (χ1n) is 5.59. The van der Waals surface area contributed by atoms with Crippen molar-refractivity contribution in [1.29, 1.82) is 0 Å². The monoisotopic (exact) mass is 249 g/mol. The third-order valence-corrected chi connectivity index (χ3v) is 2.22. The third kappa shape index (κ3) is 4.37. The molecule has 1 N–H and O–H groups in total. The Kier molecular flexibility index (Phi) is 5.05. The summed E-state index contributed by atoms with van der Waals surface area (Å²) in [5.41, 5.74) is 1.07. The Morgan fingerprint density at radius 1 is 1.17 bits per heavy atom. The summed E-state index contributed by atoms with van der Waals surface area (Å²) in [7, 11) is 0. The zero-order chi connectivity index (χ0) is 13.5. The average molecular weight is 249 g/mol. The van der Waals surface area contributed by atoms with Gasteiger partial charge in [-0.1, -0.05) is 6.92 Å². The number of benzene rings is 1. The lowest BCUT2D eigenvalue weighted by atomic mass is 10.1. The van der Waals surface area contributed by atoms with Crippen LogP contribution in [-0.4, -0.2) is 24.3 Å². The number of Topliss-reactive ketones (excluding diaryl/α,β-unsaturated/α-hetero) is 1. The van der Waals surface area contributed by atoms with Crippen molar-refractivity contribution in [2.24, 2.45) is 0 Å². The maximum absolute atomic E-state index is 11.6. The molecule has 0 atom stereocenters. The van der Waals surface area contributed by atoms with Crippen molar-refractivity contribution in [3.05, 3.63) is 29.8 Å². The van der Waals surface area contributed by atoms with Crippen LogP contribution in [0.5, 0.6) is 0 Å². The summed E-state index contributed by atoms with van der Waals surface area (Å²) < 4.78 is 4.61. The average Bonchev–Trinajstić information content (AvgIpc) is 2.36. The Labute approximate surface area is 105 Å². The van der Waals surface area contributed by atoms with E-state index in [1.54, 1.807) is 31.2 Å². The topological polar surface area (TPSA) is 72.5 Å². The van der Waals surface area contributed by atoms with E-state index in [2.05, 4.69) is 10.1 Å². The van der Waals surface area contributed by atoms with Gasteiger partial charge in [-0.3, -0.25) is 14.4 Å². The molecule has 0 aliphatic rings. The van der Waals surface area contributed by atoms with E-state index in [-0.39, 0.29) is 18.3 Å². The molecule has 96 valence electrons. The summed E-state index contributed by atoms with van der Waals surface area (Å²) in [6, 6.07) is 6.43. The van der Waals surface area contributed by atoms with Gasteiger partial charge in [-0.25, -0.2) is 0 Å². The number of carbonyl (C=O) groups is 3. The van der Waals surface area contributed by atoms with E-state index in [0.717, 1.165) is 0 Å². The van der Waals surface area contributed by atoms with Crippen LogP contribution in [0.1, 0.15) is 30.6 Å². The molecule has 1 aromatic rings. The molecule has 0 saturated carbocycles. The van der Waals surface area contributed by atoms with Crippen LogP contribution in [0.25, 0.3) is 0 Å². The molecule has 1 amide bonds. The number of amides is 1. The molecule has 0 aromatic heterocycles. The minimum absolute atomic E-state index is 0.0889. The fourth-order valence-corrected chi connectivity index (χ4v) is 1.24. The molecule has 0 bridgehead atoms. The first-order chi connectivity index (χ1) is 8.52. The lowest BCUT2D eigenvalue weighted by Gasteiger charge is -2.05. The van der Waals surface area contributed by atoms with Gasteiger partial charge in [0, 0.05) is 24.6 Å². The third-order valence-electron chi connectivity index (χ3n) is 2.22. The Balaban J connectivity index is 2.62. The van der Waals surface area contributed by atoms with Crippen molar-refractivity contribution in [3.63, 3.8) is 0 Å². The SMILES string of the molecule is CCC(=O)Nc1ccc(C(=O)COC(C)=O)cc1. The molecule has 1 aromatic carbocycles. The summed E-state index contributed by atoms with van der Waals surface area (Å²) in [6.07, 6.45) is 0.396. The highest BCUT2D eigenvalue weighted by Crippen LogP contribution is 2.10. The Morgan fingerprint density at radius 2 is 1.78 bits per heavy atom. The van der Waals surface area contributed by atoms with Gasteiger partial charge in [0.05, 0.1) is 0 Å². The molecule has 1 rings (SSSR count). The van der Waals surface area contributed by atoms with E-state index < -0.39 is 5.97 Å². The molecule has 0 spiro atoms. The Hall–Kier alpha value is -2.17. The van der Waals surface area contributed by atoms with Crippen molar-refractivity contribution in [2.75, 3.05) is 11.9 Å². The maximum Gasteiger partial charge on any atom is 0.303 e. The second-order valence-electron chi connectivity index (χ2n) is 3.68. The predicted molar refractivity (Wildman–Crippen MR) is 66.3 cm³/mol. The smallest absolute Gasteiger partial charge is 0.303 e. The summed E-state index contributed by atoms with van der Waals surface area (Å²) in [5.74, 6) is -0.859. The van der Waals surface area contributed by atoms with Crippen molar-refractivity contribution < 1.29 is 19.1 Å². The molecular weight excluding hydrogens is 234 g/mol. The van der Waals surface area contributed by atoms with E-state index in [0.29, 0.717) is 17.7 Å². The van der Waals surface area contributed by atoms with Crippen LogP contribution in [-0.2, 0) is 14.3 Å². The first-order valence-corrected chi connectivity index (χ1v) is 5.59. The van der Waals surface area contributed by atoms with Gasteiger partial charge in [0.15, 0.2) is 12.4 Å². The highest BCUT2D eigenvalue weighted by atomic mass is 16.5. The maximum atomic E-state index is 11.6. The second kappa shape index (κ2) is 6.54.